The van der Waals surface area contributed by atoms with Crippen molar-refractivity contribution >= 4 is 0 Å². The molecule has 1 N–H and O–H groups in total. The Morgan fingerprint density at radius 2 is 2.67 bits per heavy atom. The molecule has 0 radical (unpaired) electrons. The van der Waals surface area contributed by atoms with Gasteiger partial charge in [-0.05, 0) is 0 Å². The Hall–Kier alpha value is -0.0800. The summed E-state index contributed by atoms with van der Waals surface area (Å²) >= 11 is 0. The lowest BCUT2D eigenvalue weighted by Crippen LogP contribution is -2.30. The van der Waals surface area contributed by atoms with Crippen LogP contribution < -0.4 is 5.32 Å². The largest absolute Gasteiger partial charge is 0.379 e. The molecule has 1 saturated heterocycles. The lowest BCUT2D eigenvalue weighted by Gasteiger charge is -2.10. The Morgan fingerprint density at radius 1 is 1.67 bits per heavy atom. The van der Waals surface area contributed by atoms with Gasteiger partial charge in [-0.15, -0.1) is 0 Å². The van der Waals surface area contributed by atoms with Crippen LogP contribution in [0.4, 0.5) is 0 Å². The molecule has 0 bridgehead atoms. The monoisotopic (exact) mass is 89.1 g/mol. The van der Waals surface area contributed by atoms with Gasteiger partial charge in [0.15, 0.2) is 0 Å². The second-order valence-corrected chi connectivity index (χ2v) is 1.16. The highest BCUT2D eigenvalue weighted by atomic mass is 16.5. The number of hydrogen-bond donors (Lipinski definition) is 1. The van der Waals surface area contributed by atoms with Gasteiger partial charge in [0, 0.05) is 15.8 Å². The molecular formula is C4H9NO. The van der Waals surface area contributed by atoms with Crippen LogP contribution in [0.15, 0.2) is 0 Å². The van der Waals surface area contributed by atoms with Gasteiger partial charge in [0.05, 0.1) is 13.2 Å². The Bertz CT molecular complexity index is 78.1. The van der Waals surface area contributed by atoms with Crippen molar-refractivity contribution in [1.29, 1.82) is 0 Å². The Balaban J connectivity index is 2.33. The summed E-state index contributed by atoms with van der Waals surface area (Å²) in [6, 6.07) is 0. The molecule has 1 aliphatic heterocycles. The van der Waals surface area contributed by atoms with Gasteiger partial charge in [-0.2, -0.15) is 0 Å². The first kappa shape index (κ1) is 2.28. The van der Waals surface area contributed by atoms with E-state index in [1.807, 2.05) is 0 Å². The molecule has 1 rings (SSSR count). The SMILES string of the molecule is [2H]C1([2H])COCCN1. The van der Waals surface area contributed by atoms with Crippen LogP contribution in [-0.2, 0) is 4.74 Å². The van der Waals surface area contributed by atoms with E-state index >= 15 is 0 Å². The number of hydrogen-bond acceptors (Lipinski definition) is 2. The van der Waals surface area contributed by atoms with Crippen molar-refractivity contribution < 1.29 is 7.48 Å². The summed E-state index contributed by atoms with van der Waals surface area (Å²) in [5.41, 5.74) is 0. The van der Waals surface area contributed by atoms with Gasteiger partial charge in [-0.3, -0.25) is 0 Å². The Labute approximate surface area is 40.3 Å². The summed E-state index contributed by atoms with van der Waals surface area (Å²) in [4.78, 5) is 0. The van der Waals surface area contributed by atoms with Crippen LogP contribution in [0.3, 0.4) is 0 Å². The summed E-state index contributed by atoms with van der Waals surface area (Å²) in [7, 11) is 0. The highest BCUT2D eigenvalue weighted by Crippen LogP contribution is 1.76. The molecular weight excluding hydrogens is 78.0 g/mol. The zero-order valence-corrected chi connectivity index (χ0v) is 3.53. The highest BCUT2D eigenvalue weighted by Gasteiger charge is 1.92. The van der Waals surface area contributed by atoms with Crippen molar-refractivity contribution in [2.75, 3.05) is 26.3 Å². The molecule has 0 aliphatic carbocycles. The standard InChI is InChI=1S/C4H9NO/c1-3-6-4-2-5-1/h5H,1-4H2/i1D2. The van der Waals surface area contributed by atoms with E-state index in [1.54, 1.807) is 0 Å². The fourth-order valence-electron chi connectivity index (χ4n) is 0.386. The maximum Gasteiger partial charge on any atom is 0.0591 e. The van der Waals surface area contributed by atoms with Crippen LogP contribution in [-0.4, -0.2) is 26.3 Å². The zero-order valence-electron chi connectivity index (χ0n) is 5.53. The van der Waals surface area contributed by atoms with E-state index in [2.05, 4.69) is 5.32 Å². The van der Waals surface area contributed by atoms with Crippen molar-refractivity contribution in [2.45, 2.75) is 0 Å². The average molecular weight is 89.1 g/mol. The average Bonchev–Trinajstić information content (AvgIpc) is 1.65. The minimum Gasteiger partial charge on any atom is -0.379 e. The molecule has 0 saturated carbocycles. The number of nitrogens with one attached hydrogen (secondary N) is 1. The van der Waals surface area contributed by atoms with Gasteiger partial charge in [-0.25, -0.2) is 0 Å². The molecule has 1 aliphatic rings. The predicted molar refractivity (Wildman–Crippen MR) is 23.7 cm³/mol. The first-order chi connectivity index (χ1) is 3.71. The summed E-state index contributed by atoms with van der Waals surface area (Å²) in [5, 5.41) is 2.67. The molecule has 2 nitrogen and oxygen atoms in total. The second kappa shape index (κ2) is 2.16. The first-order valence-corrected chi connectivity index (χ1v) is 2.03. The third-order valence-electron chi connectivity index (χ3n) is 0.671. The molecule has 0 unspecified atom stereocenters. The van der Waals surface area contributed by atoms with Gasteiger partial charge in [0.1, 0.15) is 0 Å². The van der Waals surface area contributed by atoms with E-state index in [0.717, 1.165) is 0 Å². The lowest BCUT2D eigenvalue weighted by molar-refractivity contribution is 0.109. The van der Waals surface area contributed by atoms with Crippen molar-refractivity contribution in [3.63, 3.8) is 0 Å². The van der Waals surface area contributed by atoms with Gasteiger partial charge in [0.2, 0.25) is 0 Å². The maximum absolute atomic E-state index is 7.06. The van der Waals surface area contributed by atoms with Gasteiger partial charge >= 0.3 is 0 Å². The van der Waals surface area contributed by atoms with E-state index < -0.39 is 6.50 Å². The number of rotatable bonds is 0. The van der Waals surface area contributed by atoms with Crippen molar-refractivity contribution in [1.82, 2.24) is 5.32 Å². The molecule has 0 atom stereocenters. The number of ether oxygens (including phenoxy) is 1. The summed E-state index contributed by atoms with van der Waals surface area (Å²) in [6.45, 7) is 0.123. The van der Waals surface area contributed by atoms with Crippen LogP contribution in [0.5, 0.6) is 0 Å². The smallest absolute Gasteiger partial charge is 0.0591 e. The predicted octanol–water partition coefficient (Wildman–Crippen LogP) is -0.394. The molecule has 0 aromatic rings. The number of morpholine rings is 1. The van der Waals surface area contributed by atoms with Crippen molar-refractivity contribution in [3.05, 3.63) is 0 Å². The maximum atomic E-state index is 7.06. The quantitative estimate of drug-likeness (QED) is 0.436. The van der Waals surface area contributed by atoms with Crippen LogP contribution >= 0.6 is 0 Å². The van der Waals surface area contributed by atoms with Crippen LogP contribution in [0.25, 0.3) is 0 Å². The van der Waals surface area contributed by atoms with Crippen LogP contribution in [0.1, 0.15) is 2.74 Å². The summed E-state index contributed by atoms with van der Waals surface area (Å²) in [5.74, 6) is 0. The lowest BCUT2D eigenvalue weighted by atomic mass is 10.5. The Kier molecular flexibility index (Phi) is 0.821. The third-order valence-corrected chi connectivity index (χ3v) is 0.671. The highest BCUT2D eigenvalue weighted by molar-refractivity contribution is 4.49. The molecule has 1 heterocycles. The van der Waals surface area contributed by atoms with E-state index in [4.69, 9.17) is 7.48 Å². The topological polar surface area (TPSA) is 21.3 Å². The van der Waals surface area contributed by atoms with E-state index in [1.165, 1.54) is 0 Å². The molecule has 0 spiro atoms. The molecule has 1 fully saturated rings. The van der Waals surface area contributed by atoms with Gasteiger partial charge in [-0.1, -0.05) is 0 Å². The second-order valence-electron chi connectivity index (χ2n) is 1.16. The molecule has 0 aromatic carbocycles. The zero-order chi connectivity index (χ0) is 6.04. The molecule has 0 aromatic heterocycles. The van der Waals surface area contributed by atoms with Crippen LogP contribution in [0, 0.1) is 0 Å². The molecule has 36 valence electrons. The van der Waals surface area contributed by atoms with Crippen molar-refractivity contribution in [3.8, 4) is 0 Å². The van der Waals surface area contributed by atoms with Crippen LogP contribution in [0.2, 0.25) is 0 Å². The summed E-state index contributed by atoms with van der Waals surface area (Å²) < 4.78 is 19.0. The first-order valence-electron chi connectivity index (χ1n) is 3.03. The summed E-state index contributed by atoms with van der Waals surface area (Å²) in [6.07, 6.45) is 0. The van der Waals surface area contributed by atoms with E-state index in [0.29, 0.717) is 13.2 Å². The van der Waals surface area contributed by atoms with E-state index in [9.17, 15) is 0 Å². The normalized spacial score (nSPS) is 37.3. The molecule has 0 amide bonds. The minimum absolute atomic E-state index is 0.174. The van der Waals surface area contributed by atoms with Gasteiger partial charge in [0.25, 0.3) is 0 Å². The van der Waals surface area contributed by atoms with Gasteiger partial charge < -0.3 is 10.1 Å². The molecule has 6 heavy (non-hydrogen) atoms. The van der Waals surface area contributed by atoms with Crippen molar-refractivity contribution in [2.24, 2.45) is 0 Å². The van der Waals surface area contributed by atoms with E-state index in [-0.39, 0.29) is 6.61 Å². The third kappa shape index (κ3) is 0.954. The fraction of sp³-hybridized carbons (Fsp3) is 1.00. The fourth-order valence-corrected chi connectivity index (χ4v) is 0.386. The Morgan fingerprint density at radius 3 is 3.00 bits per heavy atom. The molecule has 2 heteroatoms. The minimum atomic E-state index is -1.29.